The molecule has 1 N–H and O–H groups in total. The maximum Gasteiger partial charge on any atom is 0.0462 e. The van der Waals surface area contributed by atoms with Gasteiger partial charge in [0.15, 0.2) is 0 Å². The Bertz CT molecular complexity index is 352. The second-order valence-corrected chi connectivity index (χ2v) is 6.54. The van der Waals surface area contributed by atoms with Crippen LogP contribution in [0.5, 0.6) is 0 Å². The molecule has 0 spiro atoms. The molecule has 1 nitrogen and oxygen atoms in total. The summed E-state index contributed by atoms with van der Waals surface area (Å²) in [5.74, 6) is 1.94. The van der Waals surface area contributed by atoms with Crippen molar-refractivity contribution in [2.75, 3.05) is 12.3 Å². The van der Waals surface area contributed by atoms with Crippen LogP contribution < -0.4 is 5.32 Å². The highest BCUT2D eigenvalue weighted by Crippen LogP contribution is 2.26. The third kappa shape index (κ3) is 6.12. The molecule has 1 aromatic rings. The molecule has 0 saturated heterocycles. The number of benzene rings is 1. The molecule has 0 atom stereocenters. The van der Waals surface area contributed by atoms with E-state index < -0.39 is 0 Å². The fourth-order valence-electron chi connectivity index (χ4n) is 1.57. The highest BCUT2D eigenvalue weighted by atomic mass is 35.5. The van der Waals surface area contributed by atoms with E-state index in [9.17, 15) is 0 Å². The van der Waals surface area contributed by atoms with Crippen molar-refractivity contribution >= 4 is 23.4 Å². The predicted octanol–water partition coefficient (Wildman–Crippen LogP) is 4.98. The van der Waals surface area contributed by atoms with Gasteiger partial charge in [0, 0.05) is 16.5 Å². The molecule has 0 radical (unpaired) electrons. The Morgan fingerprint density at radius 3 is 2.72 bits per heavy atom. The van der Waals surface area contributed by atoms with Gasteiger partial charge in [-0.1, -0.05) is 38.4 Å². The van der Waals surface area contributed by atoms with Crippen molar-refractivity contribution in [1.29, 1.82) is 0 Å². The van der Waals surface area contributed by atoms with Gasteiger partial charge in [0.1, 0.15) is 0 Å². The van der Waals surface area contributed by atoms with E-state index in [1.165, 1.54) is 22.6 Å². The van der Waals surface area contributed by atoms with E-state index in [0.717, 1.165) is 30.5 Å². The number of rotatable bonds is 8. The standard InChI is InChI=1S/C15H24ClNS/c1-4-8-17-11-13-5-6-14(10-15(13)16)18-9-7-12(2)3/h5-6,10,12,17H,4,7-9,11H2,1-3H3. The SMILES string of the molecule is CCCNCc1ccc(SCCC(C)C)cc1Cl. The van der Waals surface area contributed by atoms with Crippen molar-refractivity contribution in [2.24, 2.45) is 5.92 Å². The van der Waals surface area contributed by atoms with Crippen molar-refractivity contribution < 1.29 is 0 Å². The van der Waals surface area contributed by atoms with Crippen LogP contribution >= 0.6 is 23.4 Å². The fourth-order valence-corrected chi connectivity index (χ4v) is 3.08. The van der Waals surface area contributed by atoms with Crippen LogP contribution in [0.3, 0.4) is 0 Å². The average molecular weight is 286 g/mol. The van der Waals surface area contributed by atoms with Crippen molar-refractivity contribution in [3.8, 4) is 0 Å². The Labute approximate surface area is 121 Å². The lowest BCUT2D eigenvalue weighted by Gasteiger charge is -2.09. The third-order valence-electron chi connectivity index (χ3n) is 2.73. The number of hydrogen-bond donors (Lipinski definition) is 1. The molecule has 0 saturated carbocycles. The summed E-state index contributed by atoms with van der Waals surface area (Å²) < 4.78 is 0. The predicted molar refractivity (Wildman–Crippen MR) is 83.6 cm³/mol. The molecule has 0 heterocycles. The molecule has 18 heavy (non-hydrogen) atoms. The molecule has 0 aliphatic rings. The normalized spacial score (nSPS) is 11.2. The summed E-state index contributed by atoms with van der Waals surface area (Å²) in [6.45, 7) is 8.60. The smallest absolute Gasteiger partial charge is 0.0462 e. The van der Waals surface area contributed by atoms with Gasteiger partial charge in [-0.3, -0.25) is 0 Å². The zero-order valence-corrected chi connectivity index (χ0v) is 13.2. The number of thioether (sulfide) groups is 1. The fraction of sp³-hybridized carbons (Fsp3) is 0.600. The van der Waals surface area contributed by atoms with Gasteiger partial charge in [0.25, 0.3) is 0 Å². The maximum absolute atomic E-state index is 6.30. The second kappa shape index (κ2) is 8.84. The highest BCUT2D eigenvalue weighted by Gasteiger charge is 2.03. The summed E-state index contributed by atoms with van der Waals surface area (Å²) in [6, 6.07) is 6.41. The van der Waals surface area contributed by atoms with Gasteiger partial charge in [-0.05, 0) is 48.8 Å². The highest BCUT2D eigenvalue weighted by molar-refractivity contribution is 7.99. The van der Waals surface area contributed by atoms with Crippen LogP contribution in [0.1, 0.15) is 39.2 Å². The van der Waals surface area contributed by atoms with E-state index in [0.29, 0.717) is 0 Å². The van der Waals surface area contributed by atoms with Gasteiger partial charge in [-0.2, -0.15) is 0 Å². The molecule has 102 valence electrons. The minimum absolute atomic E-state index is 0.769. The van der Waals surface area contributed by atoms with Crippen LogP contribution in [0.4, 0.5) is 0 Å². The van der Waals surface area contributed by atoms with Gasteiger partial charge < -0.3 is 5.32 Å². The van der Waals surface area contributed by atoms with Gasteiger partial charge in [0.2, 0.25) is 0 Å². The molecular formula is C15H24ClNS. The van der Waals surface area contributed by atoms with Crippen LogP contribution in [0.2, 0.25) is 5.02 Å². The first kappa shape index (κ1) is 15.9. The summed E-state index contributed by atoms with van der Waals surface area (Å²) in [4.78, 5) is 1.28. The van der Waals surface area contributed by atoms with Crippen LogP contribution in [-0.2, 0) is 6.54 Å². The first-order chi connectivity index (χ1) is 8.63. The molecule has 0 amide bonds. The Morgan fingerprint density at radius 1 is 1.33 bits per heavy atom. The number of nitrogens with one attached hydrogen (secondary N) is 1. The van der Waals surface area contributed by atoms with Crippen molar-refractivity contribution in [2.45, 2.75) is 45.1 Å². The Kier molecular flexibility index (Phi) is 7.80. The first-order valence-electron chi connectivity index (χ1n) is 6.75. The topological polar surface area (TPSA) is 12.0 Å². The summed E-state index contributed by atoms with van der Waals surface area (Å²) >= 11 is 8.19. The van der Waals surface area contributed by atoms with Crippen LogP contribution in [0.15, 0.2) is 23.1 Å². The number of halogens is 1. The molecule has 0 aliphatic heterocycles. The molecule has 0 aromatic heterocycles. The van der Waals surface area contributed by atoms with Gasteiger partial charge in [0.05, 0.1) is 0 Å². The molecular weight excluding hydrogens is 262 g/mol. The van der Waals surface area contributed by atoms with Crippen molar-refractivity contribution in [3.05, 3.63) is 28.8 Å². The second-order valence-electron chi connectivity index (χ2n) is 4.96. The summed E-state index contributed by atoms with van der Waals surface area (Å²) in [5, 5.41) is 4.26. The third-order valence-corrected chi connectivity index (χ3v) is 4.11. The van der Waals surface area contributed by atoms with E-state index in [1.54, 1.807) is 0 Å². The Morgan fingerprint density at radius 2 is 2.11 bits per heavy atom. The first-order valence-corrected chi connectivity index (χ1v) is 8.11. The van der Waals surface area contributed by atoms with E-state index in [2.05, 4.69) is 44.3 Å². The summed E-state index contributed by atoms with van der Waals surface area (Å²) in [6.07, 6.45) is 2.41. The molecule has 0 bridgehead atoms. The minimum atomic E-state index is 0.769. The maximum atomic E-state index is 6.30. The molecule has 1 rings (SSSR count). The monoisotopic (exact) mass is 285 g/mol. The van der Waals surface area contributed by atoms with Crippen molar-refractivity contribution in [1.82, 2.24) is 5.32 Å². The lowest BCUT2D eigenvalue weighted by atomic mass is 10.2. The van der Waals surface area contributed by atoms with Gasteiger partial charge >= 0.3 is 0 Å². The summed E-state index contributed by atoms with van der Waals surface area (Å²) in [5.41, 5.74) is 1.19. The Hall–Kier alpha value is -0.180. The Balaban J connectivity index is 2.45. The van der Waals surface area contributed by atoms with Gasteiger partial charge in [-0.25, -0.2) is 0 Å². The minimum Gasteiger partial charge on any atom is -0.313 e. The summed E-state index contributed by atoms with van der Waals surface area (Å²) in [7, 11) is 0. The van der Waals surface area contributed by atoms with E-state index in [1.807, 2.05) is 11.8 Å². The van der Waals surface area contributed by atoms with Crippen molar-refractivity contribution in [3.63, 3.8) is 0 Å². The zero-order chi connectivity index (χ0) is 13.4. The molecule has 1 aromatic carbocycles. The van der Waals surface area contributed by atoms with Crippen LogP contribution in [-0.4, -0.2) is 12.3 Å². The van der Waals surface area contributed by atoms with Gasteiger partial charge in [-0.15, -0.1) is 11.8 Å². The van der Waals surface area contributed by atoms with Crippen LogP contribution in [0, 0.1) is 5.92 Å². The zero-order valence-electron chi connectivity index (χ0n) is 11.6. The molecule has 0 fully saturated rings. The quantitative estimate of drug-likeness (QED) is 0.534. The largest absolute Gasteiger partial charge is 0.313 e. The molecule has 0 unspecified atom stereocenters. The van der Waals surface area contributed by atoms with E-state index in [4.69, 9.17) is 11.6 Å². The van der Waals surface area contributed by atoms with E-state index in [-0.39, 0.29) is 0 Å². The molecule has 3 heteroatoms. The van der Waals surface area contributed by atoms with Crippen LogP contribution in [0.25, 0.3) is 0 Å². The lowest BCUT2D eigenvalue weighted by molar-refractivity contribution is 0.632. The average Bonchev–Trinajstić information content (AvgIpc) is 2.31. The number of hydrogen-bond acceptors (Lipinski definition) is 2. The van der Waals surface area contributed by atoms with E-state index >= 15 is 0 Å². The molecule has 0 aliphatic carbocycles. The lowest BCUT2D eigenvalue weighted by Crippen LogP contribution is -2.13.